The smallest absolute Gasteiger partial charge is 0.340 e. The minimum atomic E-state index is -0.428. The number of ether oxygens (including phenoxy) is 1. The molecular weight excluding hydrogens is 418 g/mol. The lowest BCUT2D eigenvalue weighted by Gasteiger charge is -2.14. The summed E-state index contributed by atoms with van der Waals surface area (Å²) in [6, 6.07) is 10.8. The van der Waals surface area contributed by atoms with Crippen molar-refractivity contribution in [2.75, 3.05) is 26.0 Å². The fourth-order valence-electron chi connectivity index (χ4n) is 3.75. The Balaban J connectivity index is 0.00000341. The third-order valence-electron chi connectivity index (χ3n) is 4.83. The number of esters is 1. The molecule has 8 heteroatoms. The molecule has 0 aliphatic carbocycles. The van der Waals surface area contributed by atoms with Gasteiger partial charge < -0.3 is 24.6 Å². The molecule has 3 aromatic rings. The largest absolute Gasteiger partial charge is 0.508 e. The van der Waals surface area contributed by atoms with Gasteiger partial charge in [-0.1, -0.05) is 6.07 Å². The number of aromatic hydroxyl groups is 1. The van der Waals surface area contributed by atoms with Gasteiger partial charge in [-0.15, -0.1) is 12.4 Å². The van der Waals surface area contributed by atoms with Gasteiger partial charge in [0.25, 0.3) is 0 Å². The lowest BCUT2D eigenvalue weighted by Crippen LogP contribution is -2.12. The summed E-state index contributed by atoms with van der Waals surface area (Å²) in [5, 5.41) is 14.0. The molecule has 0 saturated heterocycles. The third kappa shape index (κ3) is 4.84. The number of carbonyl (C=O) groups is 2. The first kappa shape index (κ1) is 24.2. The molecule has 1 amide bonds. The Kier molecular flexibility index (Phi) is 7.70. The van der Waals surface area contributed by atoms with E-state index in [2.05, 4.69) is 5.32 Å². The highest BCUT2D eigenvalue weighted by atomic mass is 35.5. The molecule has 166 valence electrons. The zero-order valence-electron chi connectivity index (χ0n) is 18.4. The summed E-state index contributed by atoms with van der Waals surface area (Å²) in [6.07, 6.45) is 0. The molecule has 7 nitrogen and oxygen atoms in total. The van der Waals surface area contributed by atoms with Gasteiger partial charge in [-0.3, -0.25) is 4.79 Å². The van der Waals surface area contributed by atoms with Crippen LogP contribution in [0.5, 0.6) is 5.75 Å². The number of nitrogens with zero attached hydrogens (tertiary/aromatic N) is 2. The maximum Gasteiger partial charge on any atom is 0.340 e. The quantitative estimate of drug-likeness (QED) is 0.554. The Morgan fingerprint density at radius 1 is 1.19 bits per heavy atom. The Bertz CT molecular complexity index is 1120. The molecule has 0 spiro atoms. The Labute approximate surface area is 188 Å². The number of carbonyl (C=O) groups excluding carboxylic acids is 2. The van der Waals surface area contributed by atoms with E-state index in [4.69, 9.17) is 4.74 Å². The van der Waals surface area contributed by atoms with E-state index in [9.17, 15) is 14.7 Å². The number of anilines is 1. The molecule has 2 aromatic carbocycles. The molecule has 0 fully saturated rings. The molecule has 0 aliphatic heterocycles. The van der Waals surface area contributed by atoms with Crippen molar-refractivity contribution in [3.8, 4) is 11.4 Å². The van der Waals surface area contributed by atoms with Crippen LogP contribution in [0.2, 0.25) is 0 Å². The fraction of sp³-hybridized carbons (Fsp3) is 0.304. The summed E-state index contributed by atoms with van der Waals surface area (Å²) in [5.41, 5.74) is 4.04. The van der Waals surface area contributed by atoms with Crippen molar-refractivity contribution in [3.05, 3.63) is 53.2 Å². The van der Waals surface area contributed by atoms with E-state index < -0.39 is 5.97 Å². The van der Waals surface area contributed by atoms with Gasteiger partial charge in [0.05, 0.1) is 17.7 Å². The van der Waals surface area contributed by atoms with E-state index >= 15 is 0 Å². The van der Waals surface area contributed by atoms with E-state index in [0.29, 0.717) is 34.4 Å². The van der Waals surface area contributed by atoms with E-state index in [1.807, 2.05) is 54.8 Å². The highest BCUT2D eigenvalue weighted by Crippen LogP contribution is 2.37. The second kappa shape index (κ2) is 9.85. The van der Waals surface area contributed by atoms with Crippen molar-refractivity contribution in [3.63, 3.8) is 0 Å². The van der Waals surface area contributed by atoms with E-state index in [-0.39, 0.29) is 30.7 Å². The Morgan fingerprint density at radius 3 is 2.52 bits per heavy atom. The molecule has 0 aliphatic rings. The summed E-state index contributed by atoms with van der Waals surface area (Å²) < 4.78 is 7.29. The van der Waals surface area contributed by atoms with Crippen LogP contribution >= 0.6 is 12.4 Å². The van der Waals surface area contributed by atoms with Crippen molar-refractivity contribution in [1.29, 1.82) is 0 Å². The van der Waals surface area contributed by atoms with Gasteiger partial charge in [0.2, 0.25) is 5.91 Å². The van der Waals surface area contributed by atoms with Crippen LogP contribution in [0, 0.1) is 6.92 Å². The number of aromatic nitrogens is 1. The minimum Gasteiger partial charge on any atom is -0.508 e. The molecule has 31 heavy (non-hydrogen) atoms. The second-order valence-corrected chi connectivity index (χ2v) is 7.44. The lowest BCUT2D eigenvalue weighted by atomic mass is 10.0. The zero-order valence-corrected chi connectivity index (χ0v) is 19.2. The highest BCUT2D eigenvalue weighted by Gasteiger charge is 2.26. The van der Waals surface area contributed by atoms with E-state index in [1.165, 1.54) is 6.92 Å². The predicted molar refractivity (Wildman–Crippen MR) is 125 cm³/mol. The number of nitrogens with one attached hydrogen (secondary N) is 1. The third-order valence-corrected chi connectivity index (χ3v) is 4.83. The van der Waals surface area contributed by atoms with Crippen LogP contribution < -0.4 is 5.32 Å². The summed E-state index contributed by atoms with van der Waals surface area (Å²) in [4.78, 5) is 26.3. The number of phenols is 1. The molecule has 0 radical (unpaired) electrons. The standard InChI is InChI=1S/C23H27N3O4.ClH/c1-6-30-23(29)21-14(2)26(17-9-7-8-16(12-17)24-15(3)27)19-10-11-20(28)18(22(19)21)13-25(4)5;/h7-12,28H,6,13H2,1-5H3,(H,24,27);1H. The number of hydrogen-bond donors (Lipinski definition) is 2. The van der Waals surface area contributed by atoms with Gasteiger partial charge in [0.1, 0.15) is 5.75 Å². The first-order chi connectivity index (χ1) is 14.2. The van der Waals surface area contributed by atoms with Gasteiger partial charge in [-0.05, 0) is 58.3 Å². The average molecular weight is 446 g/mol. The molecule has 0 atom stereocenters. The summed E-state index contributed by atoms with van der Waals surface area (Å²) in [7, 11) is 3.81. The normalized spacial score (nSPS) is 10.8. The number of hydrogen-bond acceptors (Lipinski definition) is 5. The van der Waals surface area contributed by atoms with Gasteiger partial charge in [-0.2, -0.15) is 0 Å². The van der Waals surface area contributed by atoms with Crippen LogP contribution in [-0.4, -0.2) is 47.2 Å². The topological polar surface area (TPSA) is 83.8 Å². The molecule has 0 bridgehead atoms. The Hall–Kier alpha value is -3.03. The Morgan fingerprint density at radius 2 is 1.90 bits per heavy atom. The SMILES string of the molecule is CCOC(=O)c1c(C)n(-c2cccc(NC(C)=O)c2)c2ccc(O)c(CN(C)C)c12.Cl. The lowest BCUT2D eigenvalue weighted by molar-refractivity contribution is -0.114. The van der Waals surface area contributed by atoms with Crippen LogP contribution in [-0.2, 0) is 16.1 Å². The summed E-state index contributed by atoms with van der Waals surface area (Å²) >= 11 is 0. The van der Waals surface area contributed by atoms with Gasteiger partial charge in [0.15, 0.2) is 0 Å². The number of halogens is 1. The van der Waals surface area contributed by atoms with Gasteiger partial charge in [0, 0.05) is 41.5 Å². The summed E-state index contributed by atoms with van der Waals surface area (Å²) in [5.74, 6) is -0.458. The van der Waals surface area contributed by atoms with Crippen LogP contribution in [0.25, 0.3) is 16.6 Å². The first-order valence-corrected chi connectivity index (χ1v) is 9.80. The number of amides is 1. The van der Waals surface area contributed by atoms with Crippen molar-refractivity contribution in [2.24, 2.45) is 0 Å². The van der Waals surface area contributed by atoms with Crippen LogP contribution in [0.3, 0.4) is 0 Å². The minimum absolute atomic E-state index is 0. The summed E-state index contributed by atoms with van der Waals surface area (Å²) in [6.45, 7) is 5.79. The van der Waals surface area contributed by atoms with Gasteiger partial charge >= 0.3 is 5.97 Å². The molecule has 1 heterocycles. The molecule has 0 saturated carbocycles. The zero-order chi connectivity index (χ0) is 22.0. The van der Waals surface area contributed by atoms with E-state index in [1.54, 1.807) is 19.1 Å². The molecule has 0 unspecified atom stereocenters. The average Bonchev–Trinajstić information content (AvgIpc) is 2.96. The molecular formula is C23H28ClN3O4. The van der Waals surface area contributed by atoms with Crippen LogP contribution in [0.4, 0.5) is 5.69 Å². The maximum atomic E-state index is 12.9. The second-order valence-electron chi connectivity index (χ2n) is 7.44. The molecule has 1 aromatic heterocycles. The van der Waals surface area contributed by atoms with Crippen LogP contribution in [0.15, 0.2) is 36.4 Å². The van der Waals surface area contributed by atoms with Gasteiger partial charge in [-0.25, -0.2) is 4.79 Å². The highest BCUT2D eigenvalue weighted by molar-refractivity contribution is 6.08. The maximum absolute atomic E-state index is 12.9. The number of phenolic OH excluding ortho intramolecular Hbond substituents is 1. The number of rotatable bonds is 6. The van der Waals surface area contributed by atoms with E-state index in [0.717, 1.165) is 11.2 Å². The van der Waals surface area contributed by atoms with Crippen LogP contribution in [0.1, 0.15) is 35.5 Å². The van der Waals surface area contributed by atoms with Crippen molar-refractivity contribution in [2.45, 2.75) is 27.3 Å². The molecule has 3 rings (SSSR count). The number of benzene rings is 2. The van der Waals surface area contributed by atoms with Crippen molar-refractivity contribution in [1.82, 2.24) is 9.47 Å². The molecule has 2 N–H and O–H groups in total. The fourth-order valence-corrected chi connectivity index (χ4v) is 3.75. The predicted octanol–water partition coefficient (Wildman–Crippen LogP) is 4.26. The monoisotopic (exact) mass is 445 g/mol. The van der Waals surface area contributed by atoms with Crippen molar-refractivity contribution >= 4 is 40.9 Å². The number of fused-ring (bicyclic) bond motifs is 1. The first-order valence-electron chi connectivity index (χ1n) is 9.80. The van der Waals surface area contributed by atoms with Crippen molar-refractivity contribution < 1.29 is 19.4 Å².